The molecule has 0 spiro atoms. The van der Waals surface area contributed by atoms with E-state index in [0.717, 1.165) is 22.0 Å². The molecular formula is C35H33Cl4N3O4. The molecule has 1 heterocycles. The van der Waals surface area contributed by atoms with Gasteiger partial charge in [-0.3, -0.25) is 9.59 Å². The highest BCUT2D eigenvalue weighted by Gasteiger charge is 2.17. The molecule has 4 aromatic carbocycles. The molecule has 0 aliphatic carbocycles. The number of fused-ring (bicyclic) bond motifs is 1. The average molecular weight is 701 g/mol. The van der Waals surface area contributed by atoms with Gasteiger partial charge in [0.1, 0.15) is 11.4 Å². The molecule has 240 valence electrons. The summed E-state index contributed by atoms with van der Waals surface area (Å²) in [6.07, 6.45) is 0.0861. The lowest BCUT2D eigenvalue weighted by Gasteiger charge is -2.19. The first-order valence-electron chi connectivity index (χ1n) is 14.3. The number of carbonyl (C=O) groups is 2. The van der Waals surface area contributed by atoms with Gasteiger partial charge >= 0.3 is 5.97 Å². The number of benzene rings is 4. The van der Waals surface area contributed by atoms with Crippen LogP contribution in [-0.4, -0.2) is 39.1 Å². The second-order valence-electron chi connectivity index (χ2n) is 11.3. The second-order valence-corrected chi connectivity index (χ2v) is 13.0. The predicted molar refractivity (Wildman–Crippen MR) is 187 cm³/mol. The van der Waals surface area contributed by atoms with E-state index in [1.807, 2.05) is 18.2 Å². The maximum absolute atomic E-state index is 12.6. The van der Waals surface area contributed by atoms with Gasteiger partial charge in [0, 0.05) is 33.8 Å². The summed E-state index contributed by atoms with van der Waals surface area (Å²) in [5, 5.41) is 11.0. The fourth-order valence-corrected chi connectivity index (χ4v) is 5.04. The van der Waals surface area contributed by atoms with Gasteiger partial charge in [-0.1, -0.05) is 53.0 Å². The monoisotopic (exact) mass is 699 g/mol. The lowest BCUT2D eigenvalue weighted by Crippen LogP contribution is -2.29. The van der Waals surface area contributed by atoms with Crippen LogP contribution in [0.1, 0.15) is 43.1 Å². The van der Waals surface area contributed by atoms with Crippen LogP contribution < -0.4 is 10.1 Å². The Morgan fingerprint density at radius 1 is 0.848 bits per heavy atom. The van der Waals surface area contributed by atoms with E-state index in [1.165, 1.54) is 5.56 Å². The highest BCUT2D eigenvalue weighted by Crippen LogP contribution is 2.33. The number of amides is 1. The normalized spacial score (nSPS) is 11.0. The summed E-state index contributed by atoms with van der Waals surface area (Å²) in [5.41, 5.74) is 3.24. The van der Waals surface area contributed by atoms with Crippen molar-refractivity contribution in [3.05, 3.63) is 106 Å². The molecule has 0 radical (unpaired) electrons. The molecule has 0 atom stereocenters. The maximum atomic E-state index is 12.6. The Morgan fingerprint density at radius 3 is 2.13 bits per heavy atom. The Labute approximate surface area is 288 Å². The van der Waals surface area contributed by atoms with Crippen molar-refractivity contribution in [1.82, 2.24) is 15.1 Å². The number of aromatic nitrogens is 2. The van der Waals surface area contributed by atoms with E-state index < -0.39 is 5.60 Å². The Balaban J connectivity index is 0.00000154. The minimum atomic E-state index is -0.568. The number of alkyl halides is 2. The van der Waals surface area contributed by atoms with Crippen molar-refractivity contribution in [2.24, 2.45) is 0 Å². The zero-order valence-electron chi connectivity index (χ0n) is 25.7. The third-order valence-corrected chi connectivity index (χ3v) is 6.87. The molecule has 1 N–H and O–H groups in total. The van der Waals surface area contributed by atoms with Gasteiger partial charge in [0.25, 0.3) is 5.91 Å². The Kier molecular flexibility index (Phi) is 12.0. The molecule has 0 aliphatic rings. The summed E-state index contributed by atoms with van der Waals surface area (Å²) in [6.45, 7) is 7.64. The number of hydrogen-bond donors (Lipinski definition) is 1. The zero-order valence-corrected chi connectivity index (χ0v) is 28.8. The van der Waals surface area contributed by atoms with E-state index in [0.29, 0.717) is 32.9 Å². The van der Waals surface area contributed by atoms with E-state index in [-0.39, 0.29) is 30.2 Å². The van der Waals surface area contributed by atoms with Gasteiger partial charge in [-0.2, -0.15) is 5.10 Å². The van der Waals surface area contributed by atoms with Crippen molar-refractivity contribution < 1.29 is 19.1 Å². The van der Waals surface area contributed by atoms with Gasteiger partial charge in [0.2, 0.25) is 5.88 Å². The van der Waals surface area contributed by atoms with Crippen molar-refractivity contribution >= 4 is 69.1 Å². The number of nitrogens with zero attached hydrogens (tertiary/aromatic N) is 2. The molecule has 0 saturated carbocycles. The van der Waals surface area contributed by atoms with E-state index in [9.17, 15) is 9.59 Å². The molecule has 11 heteroatoms. The zero-order chi connectivity index (χ0) is 33.4. The first-order chi connectivity index (χ1) is 21.8. The Bertz CT molecular complexity index is 1810. The second kappa shape index (κ2) is 15.7. The molecule has 0 bridgehead atoms. The number of halogens is 4. The van der Waals surface area contributed by atoms with E-state index in [4.69, 9.17) is 61.0 Å². The molecule has 5 aromatic rings. The smallest absolute Gasteiger partial charge is 0.308 e. The molecule has 7 nitrogen and oxygen atoms in total. The number of nitrogens with one attached hydrogen (secondary N) is 1. The van der Waals surface area contributed by atoms with Crippen LogP contribution >= 0.6 is 46.4 Å². The third-order valence-electron chi connectivity index (χ3n) is 6.43. The third kappa shape index (κ3) is 9.87. The highest BCUT2D eigenvalue weighted by atomic mass is 35.5. The molecule has 0 aliphatic heterocycles. The number of aryl methyl sites for hydroxylation is 1. The first-order valence-corrected chi connectivity index (χ1v) is 16.1. The molecule has 0 saturated heterocycles. The standard InChI is InChI=1S/C34H31Cl2N3O4.CH2Cl2/c1-21-5-6-24-18-28(10-7-23(24)15-21)39-31(20-30(38-39)25-16-26(35)19-27(36)17-25)42-29-11-8-22(9-12-29)33(41)37-14-13-32(40)43-34(2,3)4;2-1-3/h5-12,15-20H,13-14H2,1-4H3,(H,37,41);1H2. The van der Waals surface area contributed by atoms with Crippen molar-refractivity contribution in [2.75, 3.05) is 11.9 Å². The molecule has 5 rings (SSSR count). The van der Waals surface area contributed by atoms with Crippen LogP contribution in [-0.2, 0) is 9.53 Å². The van der Waals surface area contributed by atoms with Crippen LogP contribution in [0, 0.1) is 6.92 Å². The van der Waals surface area contributed by atoms with Crippen molar-refractivity contribution in [3.63, 3.8) is 0 Å². The van der Waals surface area contributed by atoms with Crippen LogP contribution in [0.4, 0.5) is 0 Å². The number of hydrogen-bond acceptors (Lipinski definition) is 5. The fraction of sp³-hybridized carbons (Fsp3) is 0.229. The van der Waals surface area contributed by atoms with Gasteiger partial charge in [-0.15, -0.1) is 23.2 Å². The summed E-state index contributed by atoms with van der Waals surface area (Å²) < 4.78 is 13.3. The maximum Gasteiger partial charge on any atom is 0.308 e. The summed E-state index contributed by atoms with van der Waals surface area (Å²) in [7, 11) is 0. The predicted octanol–water partition coefficient (Wildman–Crippen LogP) is 9.98. The molecule has 1 aromatic heterocycles. The van der Waals surface area contributed by atoms with E-state index >= 15 is 0 Å². The summed E-state index contributed by atoms with van der Waals surface area (Å²) in [4.78, 5) is 24.5. The summed E-state index contributed by atoms with van der Waals surface area (Å²) in [6, 6.07) is 26.2. The number of carbonyl (C=O) groups excluding carboxylic acids is 2. The molecule has 1 amide bonds. The number of rotatable bonds is 8. The van der Waals surface area contributed by atoms with Gasteiger partial charge < -0.3 is 14.8 Å². The molecule has 0 fully saturated rings. The van der Waals surface area contributed by atoms with Crippen molar-refractivity contribution in [2.45, 2.75) is 39.7 Å². The summed E-state index contributed by atoms with van der Waals surface area (Å²) in [5.74, 6) is 0.312. The minimum Gasteiger partial charge on any atom is -0.460 e. The minimum absolute atomic E-state index is 0.0861. The van der Waals surface area contributed by atoms with Gasteiger partial charge in [-0.05, 0) is 93.1 Å². The lowest BCUT2D eigenvalue weighted by molar-refractivity contribution is -0.154. The quantitative estimate of drug-likeness (QED) is 0.129. The van der Waals surface area contributed by atoms with Crippen molar-refractivity contribution in [1.29, 1.82) is 0 Å². The fourth-order valence-electron chi connectivity index (χ4n) is 4.52. The molecule has 46 heavy (non-hydrogen) atoms. The van der Waals surface area contributed by atoms with Crippen LogP contribution in [0.3, 0.4) is 0 Å². The Hall–Kier alpha value is -3.75. The largest absolute Gasteiger partial charge is 0.460 e. The van der Waals surface area contributed by atoms with Gasteiger partial charge in [0.15, 0.2) is 0 Å². The topological polar surface area (TPSA) is 82.5 Å². The first kappa shape index (κ1) is 35.1. The van der Waals surface area contributed by atoms with E-state index in [1.54, 1.807) is 67.9 Å². The van der Waals surface area contributed by atoms with Crippen LogP contribution in [0.2, 0.25) is 10.0 Å². The Morgan fingerprint density at radius 2 is 1.48 bits per heavy atom. The SMILES string of the molecule is Cc1ccc2cc(-n3nc(-c4cc(Cl)cc(Cl)c4)cc3Oc3ccc(C(=O)NCCC(=O)OC(C)(C)C)cc3)ccc2c1.ClCCl. The van der Waals surface area contributed by atoms with E-state index in [2.05, 4.69) is 36.5 Å². The number of ether oxygens (including phenoxy) is 2. The van der Waals surface area contributed by atoms with Crippen molar-refractivity contribution in [3.8, 4) is 28.6 Å². The highest BCUT2D eigenvalue weighted by molar-refractivity contribution is 6.40. The van der Waals surface area contributed by atoms with Crippen LogP contribution in [0.25, 0.3) is 27.7 Å². The number of esters is 1. The van der Waals surface area contributed by atoms with Crippen LogP contribution in [0.15, 0.2) is 84.9 Å². The lowest BCUT2D eigenvalue weighted by atomic mass is 10.1. The molecular weight excluding hydrogens is 668 g/mol. The van der Waals surface area contributed by atoms with Crippen LogP contribution in [0.5, 0.6) is 11.6 Å². The van der Waals surface area contributed by atoms with Gasteiger partial charge in [0.05, 0.1) is 23.1 Å². The summed E-state index contributed by atoms with van der Waals surface area (Å²) >= 11 is 22.1. The van der Waals surface area contributed by atoms with Gasteiger partial charge in [-0.25, -0.2) is 4.68 Å². The average Bonchev–Trinajstić information content (AvgIpc) is 3.40. The molecule has 0 unspecified atom stereocenters.